The molecule has 2 heterocycles. The summed E-state index contributed by atoms with van der Waals surface area (Å²) in [4.78, 5) is 7.38. The molecular weight excluding hydrogens is 268 g/mol. The minimum absolute atomic E-state index is 0.145. The molecule has 1 aromatic rings. The molecule has 0 bridgehead atoms. The van der Waals surface area contributed by atoms with Gasteiger partial charge in [-0.25, -0.2) is 0 Å². The summed E-state index contributed by atoms with van der Waals surface area (Å²) in [5.74, 6) is 6.09. The fourth-order valence-corrected chi connectivity index (χ4v) is 3.47. The summed E-state index contributed by atoms with van der Waals surface area (Å²) in [7, 11) is 4.36. The molecule has 110 valence electrons. The van der Waals surface area contributed by atoms with E-state index in [1.54, 1.807) is 11.3 Å². The first kappa shape index (κ1) is 15.5. The third-order valence-corrected chi connectivity index (χ3v) is 4.76. The van der Waals surface area contributed by atoms with Gasteiger partial charge in [0.05, 0.1) is 11.5 Å². The summed E-state index contributed by atoms with van der Waals surface area (Å²) in [5, 5.41) is 8.72. The quantitative estimate of drug-likeness (QED) is 0.860. The largest absolute Gasteiger partial charge is 0.395 e. The SMILES string of the molecule is CN(C)C1CCN(Cc2ccc(C#CCCO)s2)CC1. The fraction of sp³-hybridized carbons (Fsp3) is 0.625. The van der Waals surface area contributed by atoms with Crippen molar-refractivity contribution in [1.82, 2.24) is 9.80 Å². The third kappa shape index (κ3) is 4.60. The average Bonchev–Trinajstić information content (AvgIpc) is 2.87. The van der Waals surface area contributed by atoms with Gasteiger partial charge < -0.3 is 10.0 Å². The lowest BCUT2D eigenvalue weighted by atomic mass is 10.0. The lowest BCUT2D eigenvalue weighted by Crippen LogP contribution is -2.41. The molecule has 0 amide bonds. The second-order valence-corrected chi connectivity index (χ2v) is 6.68. The van der Waals surface area contributed by atoms with Crippen LogP contribution in [0.3, 0.4) is 0 Å². The van der Waals surface area contributed by atoms with Gasteiger partial charge in [-0.2, -0.15) is 0 Å². The van der Waals surface area contributed by atoms with Gasteiger partial charge in [0.1, 0.15) is 0 Å². The maximum Gasteiger partial charge on any atom is 0.0771 e. The van der Waals surface area contributed by atoms with Crippen LogP contribution in [0.25, 0.3) is 0 Å². The molecule has 2 rings (SSSR count). The monoisotopic (exact) mass is 292 g/mol. The highest BCUT2D eigenvalue weighted by molar-refractivity contribution is 7.12. The topological polar surface area (TPSA) is 26.7 Å². The predicted molar refractivity (Wildman–Crippen MR) is 84.9 cm³/mol. The van der Waals surface area contributed by atoms with Crippen molar-refractivity contribution in [3.63, 3.8) is 0 Å². The zero-order valence-electron chi connectivity index (χ0n) is 12.4. The van der Waals surface area contributed by atoms with Crippen molar-refractivity contribution in [2.75, 3.05) is 33.8 Å². The second kappa shape index (κ2) is 7.80. The lowest BCUT2D eigenvalue weighted by molar-refractivity contribution is 0.141. The van der Waals surface area contributed by atoms with E-state index in [-0.39, 0.29) is 6.61 Å². The van der Waals surface area contributed by atoms with Gasteiger partial charge in [0.15, 0.2) is 0 Å². The molecule has 1 aromatic heterocycles. The minimum atomic E-state index is 0.145. The Morgan fingerprint density at radius 3 is 2.75 bits per heavy atom. The minimum Gasteiger partial charge on any atom is -0.395 e. The van der Waals surface area contributed by atoms with Gasteiger partial charge in [-0.15, -0.1) is 11.3 Å². The van der Waals surface area contributed by atoms with E-state index >= 15 is 0 Å². The number of rotatable bonds is 4. The number of nitrogens with zero attached hydrogens (tertiary/aromatic N) is 2. The predicted octanol–water partition coefficient (Wildman–Crippen LogP) is 2.01. The van der Waals surface area contributed by atoms with Gasteiger partial charge >= 0.3 is 0 Å². The van der Waals surface area contributed by atoms with Crippen molar-refractivity contribution in [2.45, 2.75) is 31.8 Å². The number of aliphatic hydroxyl groups excluding tert-OH is 1. The summed E-state index contributed by atoms with van der Waals surface area (Å²) in [6.45, 7) is 3.57. The Labute approximate surface area is 126 Å². The maximum absolute atomic E-state index is 8.72. The molecule has 0 saturated carbocycles. The van der Waals surface area contributed by atoms with Crippen LogP contribution >= 0.6 is 11.3 Å². The first-order valence-corrected chi connectivity index (χ1v) is 8.08. The van der Waals surface area contributed by atoms with Crippen molar-refractivity contribution in [3.8, 4) is 11.8 Å². The van der Waals surface area contributed by atoms with Gasteiger partial charge in [0.25, 0.3) is 0 Å². The number of piperidine rings is 1. The van der Waals surface area contributed by atoms with E-state index in [1.165, 1.54) is 30.8 Å². The van der Waals surface area contributed by atoms with Crippen LogP contribution in [0.1, 0.15) is 29.0 Å². The van der Waals surface area contributed by atoms with Crippen LogP contribution in [0.15, 0.2) is 12.1 Å². The molecule has 0 aliphatic carbocycles. The summed E-state index contributed by atoms with van der Waals surface area (Å²) in [5.41, 5.74) is 0. The molecular formula is C16H24N2OS. The molecule has 1 saturated heterocycles. The Balaban J connectivity index is 1.82. The molecule has 0 radical (unpaired) electrons. The van der Waals surface area contributed by atoms with Gasteiger partial charge in [0, 0.05) is 37.0 Å². The second-order valence-electron chi connectivity index (χ2n) is 5.51. The van der Waals surface area contributed by atoms with Crippen LogP contribution in [0.2, 0.25) is 0 Å². The van der Waals surface area contributed by atoms with Crippen LogP contribution in [0.5, 0.6) is 0 Å². The highest BCUT2D eigenvalue weighted by Gasteiger charge is 2.20. The van der Waals surface area contributed by atoms with Crippen molar-refractivity contribution >= 4 is 11.3 Å². The van der Waals surface area contributed by atoms with Gasteiger partial charge in [-0.1, -0.05) is 11.8 Å². The molecule has 3 nitrogen and oxygen atoms in total. The zero-order chi connectivity index (χ0) is 14.4. The van der Waals surface area contributed by atoms with Crippen molar-refractivity contribution in [2.24, 2.45) is 0 Å². The van der Waals surface area contributed by atoms with E-state index in [1.807, 2.05) is 0 Å². The Morgan fingerprint density at radius 2 is 2.10 bits per heavy atom. The molecule has 0 aromatic carbocycles. The molecule has 1 fully saturated rings. The van der Waals surface area contributed by atoms with Crippen LogP contribution in [-0.2, 0) is 6.54 Å². The molecule has 20 heavy (non-hydrogen) atoms. The average molecular weight is 292 g/mol. The molecule has 0 atom stereocenters. The Kier molecular flexibility index (Phi) is 6.06. The molecule has 0 unspecified atom stereocenters. The number of aliphatic hydroxyl groups is 1. The third-order valence-electron chi connectivity index (χ3n) is 3.78. The number of hydrogen-bond donors (Lipinski definition) is 1. The summed E-state index contributed by atoms with van der Waals surface area (Å²) < 4.78 is 0. The normalized spacial score (nSPS) is 17.2. The zero-order valence-corrected chi connectivity index (χ0v) is 13.2. The smallest absolute Gasteiger partial charge is 0.0771 e. The first-order chi connectivity index (χ1) is 9.69. The highest BCUT2D eigenvalue weighted by atomic mass is 32.1. The van der Waals surface area contributed by atoms with E-state index in [0.717, 1.165) is 17.5 Å². The Bertz CT molecular complexity index is 464. The molecule has 1 aliphatic rings. The number of thiophene rings is 1. The standard InChI is InChI=1S/C16H24N2OS/c1-17(2)14-8-10-18(11-9-14)13-16-7-6-15(20-16)5-3-4-12-19/h6-7,14,19H,4,8-13H2,1-2H3. The highest BCUT2D eigenvalue weighted by Crippen LogP contribution is 2.21. The van der Waals surface area contributed by atoms with Crippen molar-refractivity contribution in [1.29, 1.82) is 0 Å². The van der Waals surface area contributed by atoms with Gasteiger partial charge in [-0.3, -0.25) is 4.90 Å². The fourth-order valence-electron chi connectivity index (χ4n) is 2.55. The van der Waals surface area contributed by atoms with Crippen molar-refractivity contribution < 1.29 is 5.11 Å². The van der Waals surface area contributed by atoms with Crippen LogP contribution < -0.4 is 0 Å². The molecule has 1 N–H and O–H groups in total. The maximum atomic E-state index is 8.72. The van der Waals surface area contributed by atoms with Crippen LogP contribution in [0, 0.1) is 11.8 Å². The first-order valence-electron chi connectivity index (χ1n) is 7.26. The molecule has 0 spiro atoms. The number of likely N-dealkylation sites (tertiary alicyclic amines) is 1. The molecule has 1 aliphatic heterocycles. The van der Waals surface area contributed by atoms with Gasteiger partial charge in [-0.05, 0) is 39.1 Å². The van der Waals surface area contributed by atoms with E-state index < -0.39 is 0 Å². The van der Waals surface area contributed by atoms with E-state index in [0.29, 0.717) is 6.42 Å². The Hall–Kier alpha value is -0.860. The van der Waals surface area contributed by atoms with E-state index in [4.69, 9.17) is 5.11 Å². The van der Waals surface area contributed by atoms with Crippen LogP contribution in [0.4, 0.5) is 0 Å². The summed E-state index contributed by atoms with van der Waals surface area (Å²) in [6, 6.07) is 5.03. The van der Waals surface area contributed by atoms with Gasteiger partial charge in [0.2, 0.25) is 0 Å². The van der Waals surface area contributed by atoms with Crippen LogP contribution in [-0.4, -0.2) is 54.7 Å². The summed E-state index contributed by atoms with van der Waals surface area (Å²) >= 11 is 1.78. The summed E-state index contributed by atoms with van der Waals surface area (Å²) in [6.07, 6.45) is 3.09. The molecule has 4 heteroatoms. The van der Waals surface area contributed by atoms with E-state index in [2.05, 4.69) is 47.9 Å². The Morgan fingerprint density at radius 1 is 1.35 bits per heavy atom. The lowest BCUT2D eigenvalue weighted by Gasteiger charge is -2.34. The van der Waals surface area contributed by atoms with Crippen molar-refractivity contribution in [3.05, 3.63) is 21.9 Å². The number of hydrogen-bond acceptors (Lipinski definition) is 4. The van der Waals surface area contributed by atoms with E-state index in [9.17, 15) is 0 Å².